The summed E-state index contributed by atoms with van der Waals surface area (Å²) in [4.78, 5) is 38.9. The van der Waals surface area contributed by atoms with E-state index in [9.17, 15) is 19.5 Å². The van der Waals surface area contributed by atoms with Crippen molar-refractivity contribution >= 4 is 29.3 Å². The second kappa shape index (κ2) is 12.7. The molecule has 8 nitrogen and oxygen atoms in total. The molecular formula is C32H37N3O5. The first-order valence-corrected chi connectivity index (χ1v) is 13.6. The second-order valence-electron chi connectivity index (χ2n) is 10.5. The molecular weight excluding hydrogens is 506 g/mol. The molecule has 1 fully saturated rings. The minimum atomic E-state index is -1.05. The Hall–Kier alpha value is -4.33. The molecule has 40 heavy (non-hydrogen) atoms. The Morgan fingerprint density at radius 1 is 0.900 bits per heavy atom. The Labute approximate surface area is 235 Å². The van der Waals surface area contributed by atoms with Gasteiger partial charge in [-0.25, -0.2) is 9.59 Å². The summed E-state index contributed by atoms with van der Waals surface area (Å²) in [5, 5.41) is 18.4. The summed E-state index contributed by atoms with van der Waals surface area (Å²) in [6.07, 6.45) is 4.48. The Balaban J connectivity index is 1.67. The van der Waals surface area contributed by atoms with Crippen LogP contribution in [0.25, 0.3) is 11.1 Å². The maximum Gasteiger partial charge on any atom is 0.326 e. The predicted molar refractivity (Wildman–Crippen MR) is 157 cm³/mol. The van der Waals surface area contributed by atoms with E-state index < -0.39 is 23.9 Å². The molecule has 0 saturated heterocycles. The minimum Gasteiger partial charge on any atom is -0.496 e. The summed E-state index contributed by atoms with van der Waals surface area (Å²) in [5.74, 6) is -1.09. The van der Waals surface area contributed by atoms with Crippen molar-refractivity contribution in [2.45, 2.75) is 58.9 Å². The highest BCUT2D eigenvalue weighted by atomic mass is 16.5. The summed E-state index contributed by atoms with van der Waals surface area (Å²) >= 11 is 0. The number of urea groups is 1. The lowest BCUT2D eigenvalue weighted by Crippen LogP contribution is -2.46. The number of carboxylic acids is 1. The van der Waals surface area contributed by atoms with Gasteiger partial charge in [-0.15, -0.1) is 0 Å². The summed E-state index contributed by atoms with van der Waals surface area (Å²) in [6, 6.07) is 15.0. The number of carbonyl (C=O) groups is 3. The van der Waals surface area contributed by atoms with Crippen molar-refractivity contribution in [1.29, 1.82) is 0 Å². The van der Waals surface area contributed by atoms with Gasteiger partial charge in [0.1, 0.15) is 11.8 Å². The van der Waals surface area contributed by atoms with Crippen LogP contribution in [-0.4, -0.2) is 36.2 Å². The third-order valence-electron chi connectivity index (χ3n) is 7.52. The molecule has 0 bridgehead atoms. The zero-order valence-corrected chi connectivity index (χ0v) is 23.5. The molecule has 0 unspecified atom stereocenters. The Morgan fingerprint density at radius 3 is 2.23 bits per heavy atom. The van der Waals surface area contributed by atoms with Gasteiger partial charge in [0.05, 0.1) is 18.4 Å². The number of nitrogens with one attached hydrogen (secondary N) is 3. The molecule has 4 N–H and O–H groups in total. The summed E-state index contributed by atoms with van der Waals surface area (Å²) < 4.78 is 5.52. The molecule has 3 aromatic rings. The highest BCUT2D eigenvalue weighted by Crippen LogP contribution is 2.33. The molecule has 0 aliphatic heterocycles. The van der Waals surface area contributed by atoms with Crippen LogP contribution in [0.4, 0.5) is 16.2 Å². The Morgan fingerprint density at radius 2 is 1.57 bits per heavy atom. The first kappa shape index (κ1) is 28.7. The van der Waals surface area contributed by atoms with Crippen LogP contribution >= 0.6 is 0 Å². The van der Waals surface area contributed by atoms with E-state index in [2.05, 4.69) is 16.0 Å². The number of para-hydroxylation sites is 1. The lowest BCUT2D eigenvalue weighted by atomic mass is 9.83. The topological polar surface area (TPSA) is 117 Å². The lowest BCUT2D eigenvalue weighted by molar-refractivity contribution is -0.141. The number of carboxylic acid groups (broad SMARTS) is 1. The number of aliphatic carboxylic acids is 1. The molecule has 8 heteroatoms. The van der Waals surface area contributed by atoms with Crippen molar-refractivity contribution in [2.75, 3.05) is 17.7 Å². The number of ether oxygens (including phenoxy) is 1. The summed E-state index contributed by atoms with van der Waals surface area (Å²) in [6.45, 7) is 5.85. The van der Waals surface area contributed by atoms with Crippen LogP contribution < -0.4 is 20.7 Å². The molecule has 1 aliphatic rings. The molecule has 3 aromatic carbocycles. The largest absolute Gasteiger partial charge is 0.496 e. The van der Waals surface area contributed by atoms with Gasteiger partial charge in [-0.3, -0.25) is 4.79 Å². The minimum absolute atomic E-state index is 0.129. The molecule has 210 valence electrons. The lowest BCUT2D eigenvalue weighted by Gasteiger charge is -2.28. The van der Waals surface area contributed by atoms with Crippen LogP contribution in [0.5, 0.6) is 5.75 Å². The smallest absolute Gasteiger partial charge is 0.326 e. The zero-order chi connectivity index (χ0) is 28.8. The van der Waals surface area contributed by atoms with Crippen LogP contribution in [0.15, 0.2) is 54.6 Å². The van der Waals surface area contributed by atoms with E-state index in [1.54, 1.807) is 25.3 Å². The number of benzene rings is 3. The number of carbonyl (C=O) groups excluding carboxylic acids is 2. The van der Waals surface area contributed by atoms with Gasteiger partial charge < -0.3 is 25.8 Å². The molecule has 3 amide bonds. The standard InChI is InChI=1S/C32H37N3O5/c1-19-16-20(2)28(21(3)17-19)35-32(39)33-26-18-23(24-12-8-9-13-27(24)40-4)14-15-25(26)30(36)34-29(31(37)38)22-10-6-5-7-11-22/h8-9,12-18,22,29H,5-7,10-11H2,1-4H3,(H,34,36)(H,37,38)(H2,33,35,39)/t29-/m0/s1. The Kier molecular flexibility index (Phi) is 9.09. The first-order chi connectivity index (χ1) is 19.2. The van der Waals surface area contributed by atoms with Crippen LogP contribution in [0.2, 0.25) is 0 Å². The SMILES string of the molecule is COc1ccccc1-c1ccc(C(=O)N[C@H](C(=O)O)C2CCCCC2)c(NC(=O)Nc2c(C)cc(C)cc2C)c1. The van der Waals surface area contributed by atoms with E-state index in [-0.39, 0.29) is 17.2 Å². The predicted octanol–water partition coefficient (Wildman–Crippen LogP) is 6.69. The molecule has 0 heterocycles. The molecule has 0 spiro atoms. The van der Waals surface area contributed by atoms with Gasteiger partial charge in [-0.2, -0.15) is 0 Å². The van der Waals surface area contributed by atoms with Gasteiger partial charge in [0.25, 0.3) is 5.91 Å². The van der Waals surface area contributed by atoms with Gasteiger partial charge in [0.15, 0.2) is 0 Å². The monoisotopic (exact) mass is 543 g/mol. The van der Waals surface area contributed by atoms with Crippen LogP contribution in [0, 0.1) is 26.7 Å². The molecule has 0 radical (unpaired) electrons. The maximum absolute atomic E-state index is 13.5. The maximum atomic E-state index is 13.5. The average molecular weight is 544 g/mol. The zero-order valence-electron chi connectivity index (χ0n) is 23.5. The molecule has 4 rings (SSSR count). The fourth-order valence-corrected chi connectivity index (χ4v) is 5.61. The quantitative estimate of drug-likeness (QED) is 0.252. The number of hydrogen-bond acceptors (Lipinski definition) is 4. The van der Waals surface area contributed by atoms with Gasteiger partial charge >= 0.3 is 12.0 Å². The first-order valence-electron chi connectivity index (χ1n) is 13.6. The number of rotatable bonds is 8. The molecule has 1 atom stereocenters. The van der Waals surface area contributed by atoms with Crippen molar-refractivity contribution in [3.8, 4) is 16.9 Å². The number of hydrogen-bond donors (Lipinski definition) is 4. The van der Waals surface area contributed by atoms with E-state index in [1.807, 2.05) is 57.2 Å². The van der Waals surface area contributed by atoms with Gasteiger partial charge in [0.2, 0.25) is 0 Å². The normalized spacial score (nSPS) is 14.2. The van der Waals surface area contributed by atoms with Crippen molar-refractivity contribution in [1.82, 2.24) is 5.32 Å². The highest BCUT2D eigenvalue weighted by Gasteiger charge is 2.31. The fraction of sp³-hybridized carbons (Fsp3) is 0.344. The van der Waals surface area contributed by atoms with Crippen molar-refractivity contribution < 1.29 is 24.2 Å². The van der Waals surface area contributed by atoms with Crippen LogP contribution in [0.3, 0.4) is 0 Å². The number of anilines is 2. The van der Waals surface area contributed by atoms with Crippen LogP contribution in [-0.2, 0) is 4.79 Å². The van der Waals surface area contributed by atoms with E-state index in [4.69, 9.17) is 4.74 Å². The van der Waals surface area contributed by atoms with E-state index in [0.717, 1.165) is 59.9 Å². The van der Waals surface area contributed by atoms with E-state index >= 15 is 0 Å². The van der Waals surface area contributed by atoms with Crippen LogP contribution in [0.1, 0.15) is 59.2 Å². The van der Waals surface area contributed by atoms with Gasteiger partial charge in [-0.1, -0.05) is 61.2 Å². The number of methoxy groups -OCH3 is 1. The van der Waals surface area contributed by atoms with Crippen molar-refractivity contribution in [3.05, 3.63) is 76.9 Å². The summed E-state index contributed by atoms with van der Waals surface area (Å²) in [5.41, 5.74) is 5.58. The van der Waals surface area contributed by atoms with E-state index in [0.29, 0.717) is 11.4 Å². The van der Waals surface area contributed by atoms with Gasteiger partial charge in [-0.05, 0) is 74.4 Å². The second-order valence-corrected chi connectivity index (χ2v) is 10.5. The average Bonchev–Trinajstić information content (AvgIpc) is 2.93. The van der Waals surface area contributed by atoms with Crippen molar-refractivity contribution in [2.24, 2.45) is 5.92 Å². The molecule has 1 saturated carbocycles. The summed E-state index contributed by atoms with van der Waals surface area (Å²) in [7, 11) is 1.58. The third kappa shape index (κ3) is 6.62. The number of aryl methyl sites for hydroxylation is 3. The third-order valence-corrected chi connectivity index (χ3v) is 7.52. The van der Waals surface area contributed by atoms with Crippen molar-refractivity contribution in [3.63, 3.8) is 0 Å². The molecule has 0 aromatic heterocycles. The van der Waals surface area contributed by atoms with E-state index in [1.165, 1.54) is 0 Å². The number of amides is 3. The van der Waals surface area contributed by atoms with Gasteiger partial charge in [0, 0.05) is 11.3 Å². The Bertz CT molecular complexity index is 1390. The fourth-order valence-electron chi connectivity index (χ4n) is 5.61. The highest BCUT2D eigenvalue weighted by molar-refractivity contribution is 6.08. The molecule has 1 aliphatic carbocycles.